The fourth-order valence-corrected chi connectivity index (χ4v) is 2.83. The van der Waals surface area contributed by atoms with E-state index in [0.29, 0.717) is 37.1 Å². The molecule has 0 unspecified atom stereocenters. The summed E-state index contributed by atoms with van der Waals surface area (Å²) in [5.41, 5.74) is 2.72. The smallest absolute Gasteiger partial charge is 0.226 e. The van der Waals surface area contributed by atoms with E-state index < -0.39 is 0 Å². The third-order valence-corrected chi connectivity index (χ3v) is 4.61. The first kappa shape index (κ1) is 21.1. The number of rotatable bonds is 11. The Morgan fingerprint density at radius 2 is 1.93 bits per heavy atom. The Bertz CT molecular complexity index is 723. The highest BCUT2D eigenvalue weighted by atomic mass is 16.5. The lowest BCUT2D eigenvalue weighted by Gasteiger charge is -2.17. The van der Waals surface area contributed by atoms with Crippen molar-refractivity contribution in [2.45, 2.75) is 34.1 Å². The van der Waals surface area contributed by atoms with Crippen LogP contribution in [0.25, 0.3) is 11.5 Å². The van der Waals surface area contributed by atoms with Crippen molar-refractivity contribution in [2.24, 2.45) is 0 Å². The molecule has 0 bridgehead atoms. The van der Waals surface area contributed by atoms with Crippen LogP contribution in [0.1, 0.15) is 30.9 Å². The Morgan fingerprint density at radius 1 is 1.19 bits per heavy atom. The number of oxazole rings is 1. The van der Waals surface area contributed by atoms with Crippen LogP contribution in [0.5, 0.6) is 0 Å². The van der Waals surface area contributed by atoms with Gasteiger partial charge >= 0.3 is 0 Å². The molecule has 6 heteroatoms. The van der Waals surface area contributed by atoms with Gasteiger partial charge in [0.1, 0.15) is 5.76 Å². The second-order valence-electron chi connectivity index (χ2n) is 6.50. The second-order valence-corrected chi connectivity index (χ2v) is 6.50. The molecule has 0 aliphatic rings. The number of aryl methyl sites for hydroxylation is 2. The Hall–Kier alpha value is -2.18. The average molecular weight is 373 g/mol. The normalized spacial score (nSPS) is 11.1. The molecule has 0 atom stereocenters. The summed E-state index contributed by atoms with van der Waals surface area (Å²) in [5.74, 6) is 1.17. The maximum absolute atomic E-state index is 12.2. The summed E-state index contributed by atoms with van der Waals surface area (Å²) in [6.45, 7) is 12.8. The van der Waals surface area contributed by atoms with E-state index >= 15 is 0 Å². The highest BCUT2D eigenvalue weighted by Crippen LogP contribution is 2.24. The number of ether oxygens (including phenoxy) is 1. The Balaban J connectivity index is 1.76. The number of benzene rings is 1. The summed E-state index contributed by atoms with van der Waals surface area (Å²) < 4.78 is 11.3. The summed E-state index contributed by atoms with van der Waals surface area (Å²) in [6, 6.07) is 7.92. The Labute approximate surface area is 161 Å². The summed E-state index contributed by atoms with van der Waals surface area (Å²) in [5, 5.41) is 2.88. The van der Waals surface area contributed by atoms with Crippen molar-refractivity contribution in [2.75, 3.05) is 39.4 Å². The highest BCUT2D eigenvalue weighted by Gasteiger charge is 2.15. The topological polar surface area (TPSA) is 67.6 Å². The van der Waals surface area contributed by atoms with Crippen LogP contribution < -0.4 is 5.32 Å². The number of carbonyl (C=O) groups is 1. The SMILES string of the molecule is CCN(CC)CCOCCNC(=O)Cc1nc(-c2ccccc2C)oc1C. The van der Waals surface area contributed by atoms with Gasteiger partial charge in [-0.25, -0.2) is 4.98 Å². The number of aromatic nitrogens is 1. The molecule has 148 valence electrons. The molecule has 0 spiro atoms. The zero-order valence-electron chi connectivity index (χ0n) is 16.9. The lowest BCUT2D eigenvalue weighted by molar-refractivity contribution is -0.120. The number of nitrogens with zero attached hydrogens (tertiary/aromatic N) is 2. The van der Waals surface area contributed by atoms with Gasteiger partial charge in [-0.2, -0.15) is 0 Å². The second kappa shape index (κ2) is 10.8. The van der Waals surface area contributed by atoms with E-state index in [1.807, 2.05) is 38.1 Å². The molecule has 27 heavy (non-hydrogen) atoms. The molecule has 0 radical (unpaired) electrons. The molecule has 1 amide bonds. The molecule has 6 nitrogen and oxygen atoms in total. The van der Waals surface area contributed by atoms with Crippen molar-refractivity contribution >= 4 is 5.91 Å². The molecule has 2 rings (SSSR count). The van der Waals surface area contributed by atoms with Crippen molar-refractivity contribution in [3.63, 3.8) is 0 Å². The third kappa shape index (κ3) is 6.48. The third-order valence-electron chi connectivity index (χ3n) is 4.61. The zero-order chi connectivity index (χ0) is 19.6. The molecule has 1 N–H and O–H groups in total. The number of hydrogen-bond acceptors (Lipinski definition) is 5. The van der Waals surface area contributed by atoms with Crippen LogP contribution in [0.3, 0.4) is 0 Å². The van der Waals surface area contributed by atoms with Gasteiger partial charge in [-0.1, -0.05) is 32.0 Å². The Morgan fingerprint density at radius 3 is 2.63 bits per heavy atom. The maximum Gasteiger partial charge on any atom is 0.226 e. The van der Waals surface area contributed by atoms with E-state index in [-0.39, 0.29) is 12.3 Å². The van der Waals surface area contributed by atoms with Crippen LogP contribution in [0, 0.1) is 13.8 Å². The molecule has 1 heterocycles. The minimum atomic E-state index is -0.0740. The fraction of sp³-hybridized carbons (Fsp3) is 0.524. The van der Waals surface area contributed by atoms with Gasteiger partial charge in [-0.05, 0) is 38.6 Å². The van der Waals surface area contributed by atoms with Gasteiger partial charge in [0.25, 0.3) is 0 Å². The van der Waals surface area contributed by atoms with Crippen LogP contribution in [-0.2, 0) is 16.0 Å². The molecule has 1 aromatic carbocycles. The standard InChI is InChI=1S/C21H31N3O3/c1-5-24(6-2)12-14-26-13-11-22-20(25)15-19-17(4)27-21(23-19)18-10-8-7-9-16(18)3/h7-10H,5-6,11-15H2,1-4H3,(H,22,25). The number of nitrogens with one attached hydrogen (secondary N) is 1. The summed E-state index contributed by atoms with van der Waals surface area (Å²) >= 11 is 0. The Kier molecular flexibility index (Phi) is 8.48. The quantitative estimate of drug-likeness (QED) is 0.613. The predicted octanol–water partition coefficient (Wildman–Crippen LogP) is 2.98. The van der Waals surface area contributed by atoms with Crippen LogP contribution in [0.4, 0.5) is 0 Å². The predicted molar refractivity (Wildman–Crippen MR) is 107 cm³/mol. The van der Waals surface area contributed by atoms with Crippen LogP contribution in [0.2, 0.25) is 0 Å². The van der Waals surface area contributed by atoms with Crippen LogP contribution >= 0.6 is 0 Å². The monoisotopic (exact) mass is 373 g/mol. The largest absolute Gasteiger partial charge is 0.441 e. The van der Waals surface area contributed by atoms with Crippen molar-refractivity contribution in [1.82, 2.24) is 15.2 Å². The molecular formula is C21H31N3O3. The van der Waals surface area contributed by atoms with Crippen molar-refractivity contribution < 1.29 is 13.9 Å². The van der Waals surface area contributed by atoms with Gasteiger partial charge in [-0.3, -0.25) is 4.79 Å². The highest BCUT2D eigenvalue weighted by molar-refractivity contribution is 5.78. The molecule has 0 aliphatic heterocycles. The molecule has 0 fully saturated rings. The number of carbonyl (C=O) groups excluding carboxylic acids is 1. The van der Waals surface area contributed by atoms with Gasteiger partial charge in [-0.15, -0.1) is 0 Å². The molecule has 2 aromatic rings. The van der Waals surface area contributed by atoms with Gasteiger partial charge in [0.15, 0.2) is 0 Å². The molecular weight excluding hydrogens is 342 g/mol. The van der Waals surface area contributed by atoms with Crippen molar-refractivity contribution in [3.8, 4) is 11.5 Å². The summed E-state index contributed by atoms with van der Waals surface area (Å²) in [7, 11) is 0. The number of amides is 1. The number of likely N-dealkylation sites (N-methyl/N-ethyl adjacent to an activating group) is 1. The van der Waals surface area contributed by atoms with Crippen LogP contribution in [0.15, 0.2) is 28.7 Å². The summed E-state index contributed by atoms with van der Waals surface area (Å²) in [4.78, 5) is 19.0. The first-order valence-electron chi connectivity index (χ1n) is 9.64. The van der Waals surface area contributed by atoms with Gasteiger partial charge in [0.2, 0.25) is 11.8 Å². The fourth-order valence-electron chi connectivity index (χ4n) is 2.83. The van der Waals surface area contributed by atoms with E-state index in [4.69, 9.17) is 9.15 Å². The minimum absolute atomic E-state index is 0.0740. The van der Waals surface area contributed by atoms with Crippen molar-refractivity contribution in [1.29, 1.82) is 0 Å². The van der Waals surface area contributed by atoms with Crippen LogP contribution in [-0.4, -0.2) is 55.2 Å². The lowest BCUT2D eigenvalue weighted by Crippen LogP contribution is -2.31. The molecule has 0 saturated carbocycles. The van der Waals surface area contributed by atoms with E-state index in [1.54, 1.807) is 0 Å². The van der Waals surface area contributed by atoms with Gasteiger partial charge in [0, 0.05) is 18.7 Å². The first-order chi connectivity index (χ1) is 13.0. The average Bonchev–Trinajstić information content (AvgIpc) is 3.01. The van der Waals surface area contributed by atoms with E-state index in [2.05, 4.69) is 29.0 Å². The number of hydrogen-bond donors (Lipinski definition) is 1. The van der Waals surface area contributed by atoms with E-state index in [0.717, 1.165) is 30.8 Å². The molecule has 0 aliphatic carbocycles. The first-order valence-corrected chi connectivity index (χ1v) is 9.64. The zero-order valence-corrected chi connectivity index (χ0v) is 16.9. The molecule has 1 aromatic heterocycles. The van der Waals surface area contributed by atoms with Gasteiger partial charge in [0.05, 0.1) is 25.3 Å². The summed E-state index contributed by atoms with van der Waals surface area (Å²) in [6.07, 6.45) is 0.209. The van der Waals surface area contributed by atoms with Gasteiger partial charge < -0.3 is 19.4 Å². The minimum Gasteiger partial charge on any atom is -0.441 e. The van der Waals surface area contributed by atoms with E-state index in [1.165, 1.54) is 0 Å². The maximum atomic E-state index is 12.2. The molecule has 0 saturated heterocycles. The van der Waals surface area contributed by atoms with Crippen molar-refractivity contribution in [3.05, 3.63) is 41.3 Å². The van der Waals surface area contributed by atoms with E-state index in [9.17, 15) is 4.79 Å². The lowest BCUT2D eigenvalue weighted by atomic mass is 10.1.